The Hall–Kier alpha value is -3.05. The Balaban J connectivity index is 1.75. The molecular weight excluding hydrogens is 541 g/mol. The molecular formula is C33H50BN5O4. The van der Waals surface area contributed by atoms with Crippen LogP contribution in [0.4, 0.5) is 0 Å². The van der Waals surface area contributed by atoms with E-state index in [9.17, 15) is 14.4 Å². The summed E-state index contributed by atoms with van der Waals surface area (Å²) in [5.41, 5.74) is 22.3. The number of nitrogens with two attached hydrogens (primary N) is 3. The number of amides is 2. The Labute approximate surface area is 257 Å². The highest BCUT2D eigenvalue weighted by Gasteiger charge is 2.37. The van der Waals surface area contributed by atoms with Crippen LogP contribution < -0.4 is 28.0 Å². The van der Waals surface area contributed by atoms with E-state index in [-0.39, 0.29) is 48.9 Å². The first-order valence-electron chi connectivity index (χ1n) is 15.3. The van der Waals surface area contributed by atoms with Crippen LogP contribution >= 0.6 is 0 Å². The van der Waals surface area contributed by atoms with Crippen LogP contribution in [-0.2, 0) is 42.9 Å². The van der Waals surface area contributed by atoms with Gasteiger partial charge in [0.05, 0.1) is 17.7 Å². The number of carbonyl (C=O) groups excluding carboxylic acids is 3. The number of fused-ring (bicyclic) bond motifs is 1. The molecule has 0 spiro atoms. The molecule has 1 aliphatic heterocycles. The first-order chi connectivity index (χ1) is 20.2. The number of ketones is 1. The van der Waals surface area contributed by atoms with Crippen LogP contribution in [0.3, 0.4) is 0 Å². The highest BCUT2D eigenvalue weighted by molar-refractivity contribution is 6.67. The van der Waals surface area contributed by atoms with Gasteiger partial charge in [-0.05, 0) is 59.8 Å². The van der Waals surface area contributed by atoms with Crippen molar-refractivity contribution in [1.29, 1.82) is 0 Å². The monoisotopic (exact) mass is 591 g/mol. The molecule has 234 valence electrons. The molecule has 0 aliphatic carbocycles. The van der Waals surface area contributed by atoms with Gasteiger partial charge in [-0.15, -0.1) is 0 Å². The molecule has 1 heterocycles. The molecule has 9 nitrogen and oxygen atoms in total. The molecule has 0 radical (unpaired) electrons. The number of hydrogen-bond donors (Lipinski definition) is 4. The van der Waals surface area contributed by atoms with Crippen molar-refractivity contribution in [1.82, 2.24) is 10.2 Å². The minimum atomic E-state index is -0.944. The number of carbonyl (C=O) groups is 3. The van der Waals surface area contributed by atoms with Crippen molar-refractivity contribution in [3.05, 3.63) is 64.7 Å². The molecule has 3 rings (SSSR count). The number of benzene rings is 2. The topological polar surface area (TPSA) is 154 Å². The quantitative estimate of drug-likeness (QED) is 0.244. The van der Waals surface area contributed by atoms with Crippen LogP contribution in [0.2, 0.25) is 6.82 Å². The fourth-order valence-corrected chi connectivity index (χ4v) is 5.64. The van der Waals surface area contributed by atoms with Crippen LogP contribution in [-0.4, -0.2) is 67.7 Å². The Bertz CT molecular complexity index is 1270. The third-order valence-corrected chi connectivity index (χ3v) is 8.17. The van der Waals surface area contributed by atoms with Crippen LogP contribution in [0.15, 0.2) is 42.5 Å². The molecule has 2 aromatic carbocycles. The lowest BCUT2D eigenvalue weighted by Gasteiger charge is -2.23. The van der Waals surface area contributed by atoms with Gasteiger partial charge in [0, 0.05) is 39.0 Å². The minimum Gasteiger partial charge on any atom is -0.422 e. The molecule has 2 amide bonds. The van der Waals surface area contributed by atoms with Gasteiger partial charge in [-0.1, -0.05) is 70.1 Å². The normalized spacial score (nSPS) is 15.5. The van der Waals surface area contributed by atoms with Gasteiger partial charge in [-0.2, -0.15) is 0 Å². The lowest BCUT2D eigenvalue weighted by molar-refractivity contribution is -0.132. The summed E-state index contributed by atoms with van der Waals surface area (Å²) >= 11 is 0. The van der Waals surface area contributed by atoms with Crippen LogP contribution in [0.5, 0.6) is 0 Å². The van der Waals surface area contributed by atoms with Gasteiger partial charge in [0.2, 0.25) is 11.8 Å². The second-order valence-corrected chi connectivity index (χ2v) is 13.2. The van der Waals surface area contributed by atoms with Gasteiger partial charge in [0.15, 0.2) is 5.78 Å². The van der Waals surface area contributed by atoms with Crippen LogP contribution in [0.25, 0.3) is 0 Å². The Morgan fingerprint density at radius 3 is 2.19 bits per heavy atom. The average molecular weight is 592 g/mol. The Morgan fingerprint density at radius 1 is 1.00 bits per heavy atom. The largest absolute Gasteiger partial charge is 0.422 e. The van der Waals surface area contributed by atoms with E-state index in [2.05, 4.69) is 38.2 Å². The molecule has 0 saturated heterocycles. The van der Waals surface area contributed by atoms with Gasteiger partial charge in [-0.25, -0.2) is 0 Å². The molecule has 0 unspecified atom stereocenters. The number of hydrogen-bond acceptors (Lipinski definition) is 7. The zero-order valence-electron chi connectivity index (χ0n) is 26.7. The van der Waals surface area contributed by atoms with Crippen molar-refractivity contribution >= 4 is 30.0 Å². The van der Waals surface area contributed by atoms with Gasteiger partial charge in [0.25, 0.3) is 0 Å². The number of nitrogens with zero attached hydrogens (tertiary/aromatic N) is 1. The first kappa shape index (κ1) is 34.4. The zero-order valence-corrected chi connectivity index (χ0v) is 26.7. The Morgan fingerprint density at radius 2 is 1.60 bits per heavy atom. The van der Waals surface area contributed by atoms with Gasteiger partial charge < -0.3 is 32.1 Å². The zero-order chi connectivity index (χ0) is 31.9. The number of rotatable bonds is 14. The smallest absolute Gasteiger partial charge is 0.325 e. The SMILES string of the molecule is CB1OC(C)(C)c2ccc(CC(=O)[C@@H](Cc3ccc(C(C)(C)C)cc3)NC(=O)[C@@H](N)CCC(=O)N(CCN)CCN)cc21. The van der Waals surface area contributed by atoms with Gasteiger partial charge >= 0.3 is 6.92 Å². The third kappa shape index (κ3) is 9.22. The molecule has 0 bridgehead atoms. The summed E-state index contributed by atoms with van der Waals surface area (Å²) in [7, 11) is 0. The van der Waals surface area contributed by atoms with E-state index in [0.29, 0.717) is 32.6 Å². The highest BCUT2D eigenvalue weighted by atomic mass is 16.5. The van der Waals surface area contributed by atoms with E-state index < -0.39 is 18.0 Å². The van der Waals surface area contributed by atoms with Gasteiger partial charge in [0.1, 0.15) is 0 Å². The summed E-state index contributed by atoms with van der Waals surface area (Å²) in [5, 5.41) is 2.90. The maximum atomic E-state index is 13.7. The summed E-state index contributed by atoms with van der Waals surface area (Å²) in [5.74, 6) is -0.720. The molecule has 0 fully saturated rings. The van der Waals surface area contributed by atoms with Crippen molar-refractivity contribution in [3.63, 3.8) is 0 Å². The maximum absolute atomic E-state index is 13.7. The van der Waals surface area contributed by atoms with Crippen molar-refractivity contribution in [2.24, 2.45) is 17.2 Å². The third-order valence-electron chi connectivity index (χ3n) is 8.17. The summed E-state index contributed by atoms with van der Waals surface area (Å²) < 4.78 is 6.10. The van der Waals surface area contributed by atoms with Crippen molar-refractivity contribution in [2.45, 2.75) is 90.2 Å². The van der Waals surface area contributed by atoms with Crippen molar-refractivity contribution in [3.8, 4) is 0 Å². The molecule has 43 heavy (non-hydrogen) atoms. The first-order valence-corrected chi connectivity index (χ1v) is 15.3. The maximum Gasteiger partial charge on any atom is 0.325 e. The highest BCUT2D eigenvalue weighted by Crippen LogP contribution is 2.30. The lowest BCUT2D eigenvalue weighted by atomic mass is 9.63. The second kappa shape index (κ2) is 14.6. The number of nitrogens with one attached hydrogen (secondary N) is 1. The van der Waals surface area contributed by atoms with E-state index in [1.165, 1.54) is 5.56 Å². The van der Waals surface area contributed by atoms with Crippen molar-refractivity contribution in [2.75, 3.05) is 26.2 Å². The second-order valence-electron chi connectivity index (χ2n) is 13.2. The molecule has 0 aromatic heterocycles. The fourth-order valence-electron chi connectivity index (χ4n) is 5.64. The summed E-state index contributed by atoms with van der Waals surface area (Å²) in [6.45, 7) is 13.9. The summed E-state index contributed by atoms with van der Waals surface area (Å²) in [6.07, 6.45) is 0.731. The van der Waals surface area contributed by atoms with E-state index in [4.69, 9.17) is 21.9 Å². The molecule has 10 heteroatoms. The van der Waals surface area contributed by atoms with Crippen LogP contribution in [0.1, 0.15) is 69.7 Å². The predicted octanol–water partition coefficient (Wildman–Crippen LogP) is 1.77. The molecule has 7 N–H and O–H groups in total. The van der Waals surface area contributed by atoms with Crippen molar-refractivity contribution < 1.29 is 19.0 Å². The molecule has 1 aliphatic rings. The van der Waals surface area contributed by atoms with E-state index in [1.54, 1.807) is 4.90 Å². The van der Waals surface area contributed by atoms with E-state index >= 15 is 0 Å². The standard InChI is InChI=1S/C33H50BN5O4/c1-32(2,3)24-10-7-22(8-11-24)20-28(38-31(42)27(37)13-14-30(41)39(17-15-35)18-16-36)29(40)21-23-9-12-25-26(19-23)34(6)43-33(25,4)5/h7-12,19,27-28H,13-18,20-21,35-37H2,1-6H3,(H,38,42)/t27-,28+/m0/s1. The Kier molecular flexibility index (Phi) is 11.7. The minimum absolute atomic E-state index is 0.000950. The fraction of sp³-hybridized carbons (Fsp3) is 0.545. The average Bonchev–Trinajstić information content (AvgIpc) is 3.17. The van der Waals surface area contributed by atoms with E-state index in [1.807, 2.05) is 51.0 Å². The summed E-state index contributed by atoms with van der Waals surface area (Å²) in [4.78, 5) is 41.2. The molecule has 2 atom stereocenters. The molecule has 0 saturated carbocycles. The lowest BCUT2D eigenvalue weighted by Crippen LogP contribution is -2.50. The van der Waals surface area contributed by atoms with Gasteiger partial charge in [-0.3, -0.25) is 14.4 Å². The van der Waals surface area contributed by atoms with E-state index in [0.717, 1.165) is 22.2 Å². The predicted molar refractivity (Wildman–Crippen MR) is 173 cm³/mol. The molecule has 2 aromatic rings. The summed E-state index contributed by atoms with van der Waals surface area (Å²) in [6, 6.07) is 12.4. The number of Topliss-reactive ketones (excluding diaryl/α,β-unsaturated/α-hetero) is 1. The van der Waals surface area contributed by atoms with Crippen LogP contribution in [0, 0.1) is 0 Å².